The molecule has 3 rings (SSSR count). The number of nitrogens with one attached hydrogen (secondary N) is 1. The molecule has 0 spiro atoms. The number of aliphatic hydroxyl groups is 1. The number of carbonyl (C=O) groups is 6. The number of nitrogens with zero attached hydrogens (tertiary/aromatic N) is 1. The maximum absolute atomic E-state index is 14.0. The Balaban J connectivity index is 1.80. The van der Waals surface area contributed by atoms with Crippen LogP contribution in [0, 0.1) is 5.41 Å². The first kappa shape index (κ1) is 43.6. The average Bonchev–Trinajstić information content (AvgIpc) is 3.16. The Morgan fingerprint density at radius 3 is 2.37 bits per heavy atom. The van der Waals surface area contributed by atoms with Crippen molar-refractivity contribution in [2.24, 2.45) is 5.41 Å². The number of methoxy groups -OCH3 is 2. The van der Waals surface area contributed by atoms with Crippen molar-refractivity contribution < 1.29 is 57.9 Å². The molecule has 296 valence electrons. The van der Waals surface area contributed by atoms with Crippen LogP contribution < -0.4 is 14.8 Å². The zero-order valence-electron chi connectivity index (χ0n) is 31.9. The number of ketones is 2. The van der Waals surface area contributed by atoms with Gasteiger partial charge in [0.1, 0.15) is 24.5 Å². The molecule has 1 amide bonds. The number of aryl methyl sites for hydroxylation is 1. The van der Waals surface area contributed by atoms with Gasteiger partial charge in [0.05, 0.1) is 38.6 Å². The second-order valence-corrected chi connectivity index (χ2v) is 14.1. The lowest BCUT2D eigenvalue weighted by molar-refractivity contribution is -0.165. The summed E-state index contributed by atoms with van der Waals surface area (Å²) in [5, 5.41) is 21.9. The lowest BCUT2D eigenvalue weighted by Crippen LogP contribution is -2.53. The van der Waals surface area contributed by atoms with E-state index in [1.54, 1.807) is 37.4 Å². The smallest absolute Gasteiger partial charge is 0.329 e. The predicted molar refractivity (Wildman–Crippen MR) is 197 cm³/mol. The third-order valence-electron chi connectivity index (χ3n) is 9.31. The minimum atomic E-state index is -1.40. The van der Waals surface area contributed by atoms with E-state index in [2.05, 4.69) is 5.32 Å². The molecule has 54 heavy (non-hydrogen) atoms. The largest absolute Gasteiger partial charge is 0.493 e. The van der Waals surface area contributed by atoms with Crippen LogP contribution in [-0.4, -0.2) is 104 Å². The zero-order chi connectivity index (χ0) is 39.8. The highest BCUT2D eigenvalue weighted by molar-refractivity contribution is 6.38. The molecular weight excluding hydrogens is 700 g/mol. The molecule has 1 saturated heterocycles. The number of carboxylic acid groups (broad SMARTS) is 1. The Bertz CT molecular complexity index is 1620. The number of esters is 2. The van der Waals surface area contributed by atoms with Gasteiger partial charge in [-0.15, -0.1) is 0 Å². The first-order valence-electron chi connectivity index (χ1n) is 18.3. The van der Waals surface area contributed by atoms with Crippen LogP contribution in [0.2, 0.25) is 0 Å². The first-order valence-corrected chi connectivity index (χ1v) is 18.3. The number of hydrogen-bond donors (Lipinski definition) is 3. The molecule has 0 radical (unpaired) electrons. The van der Waals surface area contributed by atoms with Crippen molar-refractivity contribution in [3.63, 3.8) is 0 Å². The molecule has 0 aliphatic carbocycles. The van der Waals surface area contributed by atoms with Crippen LogP contribution in [0.1, 0.15) is 88.0 Å². The minimum absolute atomic E-state index is 0.00645. The number of amides is 1. The molecule has 1 aliphatic heterocycles. The van der Waals surface area contributed by atoms with E-state index in [1.807, 2.05) is 12.1 Å². The summed E-state index contributed by atoms with van der Waals surface area (Å²) in [6.45, 7) is 3.25. The molecule has 1 heterocycles. The summed E-state index contributed by atoms with van der Waals surface area (Å²) in [6, 6.07) is 11.4. The normalized spacial score (nSPS) is 15.4. The fourth-order valence-corrected chi connectivity index (χ4v) is 6.14. The van der Waals surface area contributed by atoms with Crippen molar-refractivity contribution in [3.05, 3.63) is 59.2 Å². The van der Waals surface area contributed by atoms with E-state index in [0.29, 0.717) is 61.3 Å². The van der Waals surface area contributed by atoms with Gasteiger partial charge in [-0.25, -0.2) is 4.79 Å². The van der Waals surface area contributed by atoms with E-state index in [0.717, 1.165) is 5.56 Å². The lowest BCUT2D eigenvalue weighted by atomic mass is 9.87. The summed E-state index contributed by atoms with van der Waals surface area (Å²) >= 11 is 0. The number of rotatable bonds is 22. The van der Waals surface area contributed by atoms with Crippen LogP contribution in [0.4, 0.5) is 0 Å². The van der Waals surface area contributed by atoms with Gasteiger partial charge in [-0.1, -0.05) is 30.3 Å². The van der Waals surface area contributed by atoms with Gasteiger partial charge >= 0.3 is 17.9 Å². The number of aliphatic hydroxyl groups excluding tert-OH is 1. The zero-order valence-corrected chi connectivity index (χ0v) is 31.9. The Morgan fingerprint density at radius 1 is 0.944 bits per heavy atom. The third-order valence-corrected chi connectivity index (χ3v) is 9.31. The molecule has 2 aromatic rings. The summed E-state index contributed by atoms with van der Waals surface area (Å²) in [5.74, 6) is -3.29. The highest BCUT2D eigenvalue weighted by Gasteiger charge is 2.42. The monoisotopic (exact) mass is 754 g/mol. The molecule has 14 nitrogen and oxygen atoms in total. The molecule has 0 aromatic heterocycles. The van der Waals surface area contributed by atoms with Gasteiger partial charge in [0.25, 0.3) is 5.91 Å². The van der Waals surface area contributed by atoms with Crippen LogP contribution in [-0.2, 0) is 51.1 Å². The van der Waals surface area contributed by atoms with Gasteiger partial charge in [0.15, 0.2) is 11.5 Å². The topological polar surface area (TPSA) is 195 Å². The number of piperidine rings is 1. The molecule has 3 N–H and O–H groups in total. The van der Waals surface area contributed by atoms with Gasteiger partial charge in [-0.2, -0.15) is 0 Å². The predicted octanol–water partition coefficient (Wildman–Crippen LogP) is 3.78. The highest BCUT2D eigenvalue weighted by Crippen LogP contribution is 2.32. The van der Waals surface area contributed by atoms with Crippen molar-refractivity contribution in [1.82, 2.24) is 10.2 Å². The van der Waals surface area contributed by atoms with Gasteiger partial charge in [-0.05, 0) is 94.8 Å². The van der Waals surface area contributed by atoms with E-state index in [9.17, 15) is 33.9 Å². The van der Waals surface area contributed by atoms with Crippen molar-refractivity contribution in [2.75, 3.05) is 41.0 Å². The summed E-state index contributed by atoms with van der Waals surface area (Å²) in [6.07, 6.45) is 0.230. The van der Waals surface area contributed by atoms with Crippen molar-refractivity contribution in [1.29, 1.82) is 0 Å². The number of hydrogen-bond acceptors (Lipinski definition) is 12. The number of carbonyl (C=O) groups excluding carboxylic acids is 5. The highest BCUT2D eigenvalue weighted by atomic mass is 16.5. The van der Waals surface area contributed by atoms with Crippen LogP contribution >= 0.6 is 0 Å². The Morgan fingerprint density at radius 2 is 1.69 bits per heavy atom. The van der Waals surface area contributed by atoms with Gasteiger partial charge < -0.3 is 39.4 Å². The Hall–Kier alpha value is -4.82. The fourth-order valence-electron chi connectivity index (χ4n) is 6.14. The SMILES string of the molecule is CNCCC(O)CC(=O)OCC(C)(C)C(=O)C(=O)N1CCCC[C@H]1C(=O)O[C@H](CCc1ccc(OC)c(OC)c1)c1cccc(CC(=O)CCC(=O)O)c1. The molecule has 0 saturated carbocycles. The van der Waals surface area contributed by atoms with Crippen LogP contribution in [0.5, 0.6) is 11.5 Å². The summed E-state index contributed by atoms with van der Waals surface area (Å²) in [5.41, 5.74) is 0.713. The maximum atomic E-state index is 14.0. The molecule has 0 bridgehead atoms. The number of Topliss-reactive ketones (excluding diaryl/α,β-unsaturated/α-hetero) is 2. The number of ether oxygens (including phenoxy) is 4. The van der Waals surface area contributed by atoms with Gasteiger partial charge in [0, 0.05) is 19.4 Å². The van der Waals surface area contributed by atoms with E-state index < -0.39 is 53.3 Å². The lowest BCUT2D eigenvalue weighted by Gasteiger charge is -2.36. The quantitative estimate of drug-likeness (QED) is 0.116. The van der Waals surface area contributed by atoms with Crippen molar-refractivity contribution in [3.8, 4) is 11.5 Å². The second kappa shape index (κ2) is 21.2. The third kappa shape index (κ3) is 13.2. The molecule has 14 heteroatoms. The molecule has 1 fully saturated rings. The molecule has 2 aromatic carbocycles. The van der Waals surface area contributed by atoms with Gasteiger partial charge in [0.2, 0.25) is 5.78 Å². The fraction of sp³-hybridized carbons (Fsp3) is 0.550. The van der Waals surface area contributed by atoms with E-state index in [4.69, 9.17) is 24.1 Å². The molecular formula is C40H54N2O12. The Kier molecular flexibility index (Phi) is 17.1. The van der Waals surface area contributed by atoms with Crippen LogP contribution in [0.3, 0.4) is 0 Å². The number of benzene rings is 2. The number of aliphatic carboxylic acids is 1. The van der Waals surface area contributed by atoms with Crippen molar-refractivity contribution >= 4 is 35.4 Å². The summed E-state index contributed by atoms with van der Waals surface area (Å²) < 4.78 is 22.2. The molecule has 3 atom stereocenters. The summed E-state index contributed by atoms with van der Waals surface area (Å²) in [4.78, 5) is 78.3. The van der Waals surface area contributed by atoms with Crippen LogP contribution in [0.15, 0.2) is 42.5 Å². The van der Waals surface area contributed by atoms with Gasteiger partial charge in [-0.3, -0.25) is 24.0 Å². The second-order valence-electron chi connectivity index (χ2n) is 14.1. The van der Waals surface area contributed by atoms with Crippen molar-refractivity contribution in [2.45, 2.75) is 96.3 Å². The van der Waals surface area contributed by atoms with Crippen LogP contribution in [0.25, 0.3) is 0 Å². The summed E-state index contributed by atoms with van der Waals surface area (Å²) in [7, 11) is 4.79. The standard InChI is InChI=1S/C40H54N2O12/c1-40(2,25-53-36(47)24-30(44)18-19-41-3)37(48)38(49)42-20-7-6-11-31(42)39(50)54-32(15-12-26-13-16-33(51-4)34(23-26)52-5)28-10-8-9-27(21-28)22-29(43)14-17-35(45)46/h8-10,13,16,21,23,30-32,41,44H,6-7,11-12,14-15,17-20,22,24-25H2,1-5H3,(H,45,46)/t30?,31-,32+/m0/s1. The number of likely N-dealkylation sites (tertiary alicyclic amines) is 1. The van der Waals surface area contributed by atoms with E-state index in [-0.39, 0.29) is 51.0 Å². The Labute approximate surface area is 316 Å². The van der Waals surface area contributed by atoms with E-state index >= 15 is 0 Å². The minimum Gasteiger partial charge on any atom is -0.493 e. The molecule has 1 aliphatic rings. The van der Waals surface area contributed by atoms with E-state index in [1.165, 1.54) is 33.0 Å². The molecule has 1 unspecified atom stereocenters. The average molecular weight is 755 g/mol. The first-order chi connectivity index (χ1) is 25.7. The number of carboxylic acids is 1. The maximum Gasteiger partial charge on any atom is 0.329 e.